The molecule has 1 amide bonds. The van der Waals surface area contributed by atoms with E-state index in [4.69, 9.17) is 27.7 Å². The second-order valence-electron chi connectivity index (χ2n) is 7.23. The fourth-order valence-electron chi connectivity index (χ4n) is 3.17. The van der Waals surface area contributed by atoms with Gasteiger partial charge < -0.3 is 20.0 Å². The Balaban J connectivity index is 1.50. The minimum atomic E-state index is -0.596. The Morgan fingerprint density at radius 3 is 2.64 bits per heavy atom. The number of nitrogens with one attached hydrogen (secondary N) is 1. The first-order valence-electron chi connectivity index (χ1n) is 9.64. The quantitative estimate of drug-likeness (QED) is 0.302. The topological polar surface area (TPSA) is 134 Å². The molecule has 0 aliphatic rings. The van der Waals surface area contributed by atoms with E-state index in [1.54, 1.807) is 29.8 Å². The first-order chi connectivity index (χ1) is 15.7. The first-order valence-corrected chi connectivity index (χ1v) is 10.4. The van der Waals surface area contributed by atoms with Crippen molar-refractivity contribution in [3.63, 3.8) is 0 Å². The summed E-state index contributed by atoms with van der Waals surface area (Å²) in [6, 6.07) is 8.30. The molecule has 3 aromatic heterocycles. The van der Waals surface area contributed by atoms with Crippen LogP contribution < -0.4 is 5.32 Å². The molecule has 170 valence electrons. The SMILES string of the molecule is Cc1onc(C(=O)Nc2cc(C)n(Cc3ccc(Cl)c(Cl)c3)n2)c1Cn1ccc([N+](=O)[O-])n1. The van der Waals surface area contributed by atoms with Crippen LogP contribution in [0.2, 0.25) is 10.0 Å². The highest BCUT2D eigenvalue weighted by Crippen LogP contribution is 2.24. The van der Waals surface area contributed by atoms with Gasteiger partial charge in [-0.1, -0.05) is 34.4 Å². The van der Waals surface area contributed by atoms with Crippen LogP contribution in [0.3, 0.4) is 0 Å². The highest BCUT2D eigenvalue weighted by molar-refractivity contribution is 6.42. The molecule has 0 atom stereocenters. The second-order valence-corrected chi connectivity index (χ2v) is 8.04. The summed E-state index contributed by atoms with van der Waals surface area (Å²) in [4.78, 5) is 23.1. The number of rotatable bonds is 7. The first kappa shape index (κ1) is 22.5. The number of amides is 1. The van der Waals surface area contributed by atoms with Crippen LogP contribution in [0.25, 0.3) is 0 Å². The Morgan fingerprint density at radius 2 is 1.94 bits per heavy atom. The molecule has 0 bridgehead atoms. The lowest BCUT2D eigenvalue weighted by Gasteiger charge is -2.06. The second kappa shape index (κ2) is 9.04. The van der Waals surface area contributed by atoms with Gasteiger partial charge >= 0.3 is 5.82 Å². The third kappa shape index (κ3) is 4.89. The Bertz CT molecular complexity index is 1360. The number of nitro groups is 1. The van der Waals surface area contributed by atoms with E-state index in [0.717, 1.165) is 11.3 Å². The van der Waals surface area contributed by atoms with Crippen LogP contribution in [0, 0.1) is 24.0 Å². The van der Waals surface area contributed by atoms with Crippen molar-refractivity contribution in [2.75, 3.05) is 5.32 Å². The lowest BCUT2D eigenvalue weighted by molar-refractivity contribution is -0.389. The number of hydrogen-bond donors (Lipinski definition) is 1. The van der Waals surface area contributed by atoms with E-state index in [9.17, 15) is 14.9 Å². The average molecular weight is 490 g/mol. The predicted molar refractivity (Wildman–Crippen MR) is 120 cm³/mol. The lowest BCUT2D eigenvalue weighted by Crippen LogP contribution is -2.16. The molecule has 0 radical (unpaired) electrons. The van der Waals surface area contributed by atoms with Gasteiger partial charge in [-0.25, -0.2) is 0 Å². The smallest absolute Gasteiger partial charge is 0.361 e. The van der Waals surface area contributed by atoms with E-state index in [1.165, 1.54) is 16.9 Å². The van der Waals surface area contributed by atoms with Gasteiger partial charge in [-0.2, -0.15) is 9.78 Å². The van der Waals surface area contributed by atoms with Crippen molar-refractivity contribution in [3.05, 3.63) is 85.0 Å². The molecule has 1 N–H and O–H groups in total. The molecule has 0 unspecified atom stereocenters. The van der Waals surface area contributed by atoms with Gasteiger partial charge in [0, 0.05) is 11.8 Å². The minimum Gasteiger partial charge on any atom is -0.361 e. The Hall–Kier alpha value is -3.70. The normalized spacial score (nSPS) is 11.0. The molecular formula is C20H17Cl2N7O4. The monoisotopic (exact) mass is 489 g/mol. The highest BCUT2D eigenvalue weighted by Gasteiger charge is 2.23. The van der Waals surface area contributed by atoms with Crippen LogP contribution in [0.5, 0.6) is 0 Å². The van der Waals surface area contributed by atoms with Crippen molar-refractivity contribution < 1.29 is 14.2 Å². The van der Waals surface area contributed by atoms with E-state index in [1.807, 2.05) is 13.0 Å². The van der Waals surface area contributed by atoms with E-state index >= 15 is 0 Å². The van der Waals surface area contributed by atoms with Crippen molar-refractivity contribution in [1.29, 1.82) is 0 Å². The van der Waals surface area contributed by atoms with Crippen molar-refractivity contribution >= 4 is 40.7 Å². The molecule has 11 nitrogen and oxygen atoms in total. The molecule has 4 rings (SSSR count). The largest absolute Gasteiger partial charge is 0.389 e. The van der Waals surface area contributed by atoms with Crippen molar-refractivity contribution in [3.8, 4) is 0 Å². The van der Waals surface area contributed by atoms with Crippen LogP contribution >= 0.6 is 23.2 Å². The van der Waals surface area contributed by atoms with E-state index in [-0.39, 0.29) is 18.1 Å². The summed E-state index contributed by atoms with van der Waals surface area (Å²) >= 11 is 12.0. The van der Waals surface area contributed by atoms with Crippen LogP contribution in [0.15, 0.2) is 41.1 Å². The van der Waals surface area contributed by atoms with Crippen molar-refractivity contribution in [2.45, 2.75) is 26.9 Å². The molecule has 33 heavy (non-hydrogen) atoms. The maximum Gasteiger partial charge on any atom is 0.389 e. The molecule has 13 heteroatoms. The van der Waals surface area contributed by atoms with Gasteiger partial charge in [0.05, 0.1) is 46.1 Å². The highest BCUT2D eigenvalue weighted by atomic mass is 35.5. The van der Waals surface area contributed by atoms with Crippen LogP contribution in [0.4, 0.5) is 11.6 Å². The summed E-state index contributed by atoms with van der Waals surface area (Å²) in [5.41, 5.74) is 2.22. The molecule has 1 aromatic carbocycles. The summed E-state index contributed by atoms with van der Waals surface area (Å²) in [5.74, 6) is -0.0840. The van der Waals surface area contributed by atoms with Crippen LogP contribution in [-0.2, 0) is 13.1 Å². The zero-order chi connectivity index (χ0) is 23.7. The molecule has 3 heterocycles. The maximum absolute atomic E-state index is 12.9. The number of anilines is 1. The molecule has 0 aliphatic heterocycles. The summed E-state index contributed by atoms with van der Waals surface area (Å²) in [6.45, 7) is 4.02. The van der Waals surface area contributed by atoms with Crippen molar-refractivity contribution in [1.82, 2.24) is 24.7 Å². The fourth-order valence-corrected chi connectivity index (χ4v) is 3.49. The van der Waals surface area contributed by atoms with Gasteiger partial charge in [0.25, 0.3) is 5.91 Å². The summed E-state index contributed by atoms with van der Waals surface area (Å²) < 4.78 is 8.23. The molecule has 4 aromatic rings. The number of benzene rings is 1. The molecule has 0 fully saturated rings. The number of nitrogens with zero attached hydrogens (tertiary/aromatic N) is 6. The summed E-state index contributed by atoms with van der Waals surface area (Å²) in [7, 11) is 0. The average Bonchev–Trinajstić information content (AvgIpc) is 3.46. The zero-order valence-corrected chi connectivity index (χ0v) is 19.0. The van der Waals surface area contributed by atoms with Crippen molar-refractivity contribution in [2.24, 2.45) is 0 Å². The molecular weight excluding hydrogens is 473 g/mol. The molecule has 0 aliphatic carbocycles. The van der Waals surface area contributed by atoms with Crippen LogP contribution in [-0.4, -0.2) is 35.5 Å². The van der Waals surface area contributed by atoms with Gasteiger partial charge in [-0.05, 0) is 36.5 Å². The van der Waals surface area contributed by atoms with Gasteiger partial charge in [0.1, 0.15) is 5.76 Å². The summed E-state index contributed by atoms with van der Waals surface area (Å²) in [6.07, 6.45) is 1.44. The lowest BCUT2D eigenvalue weighted by atomic mass is 10.2. The number of aromatic nitrogens is 5. The maximum atomic E-state index is 12.9. The van der Waals surface area contributed by atoms with Gasteiger partial charge in [-0.15, -0.1) is 0 Å². The third-order valence-corrected chi connectivity index (χ3v) is 5.61. The third-order valence-electron chi connectivity index (χ3n) is 4.87. The molecule has 0 saturated carbocycles. The fraction of sp³-hybridized carbons (Fsp3) is 0.200. The number of halogens is 2. The van der Waals surface area contributed by atoms with Gasteiger partial charge in [0.2, 0.25) is 0 Å². The summed E-state index contributed by atoms with van der Waals surface area (Å²) in [5, 5.41) is 26.6. The molecule has 0 spiro atoms. The van der Waals surface area contributed by atoms with E-state index in [2.05, 4.69) is 20.7 Å². The van der Waals surface area contributed by atoms with E-state index in [0.29, 0.717) is 33.7 Å². The standard InChI is InChI=1S/C20H17Cl2N7O4/c1-11-7-17(24-28(11)9-13-3-4-15(21)16(22)8-13)23-20(30)19-14(12(2)33-26-19)10-27-6-5-18(25-27)29(31)32/h3-8H,9-10H2,1-2H3,(H,23,24,30). The van der Waals surface area contributed by atoms with Gasteiger partial charge in [-0.3, -0.25) is 9.48 Å². The minimum absolute atomic E-state index is 0.0438. The van der Waals surface area contributed by atoms with Gasteiger partial charge in [0.15, 0.2) is 11.5 Å². The number of hydrogen-bond acceptors (Lipinski definition) is 7. The number of carbonyl (C=O) groups excluding carboxylic acids is 1. The van der Waals surface area contributed by atoms with E-state index < -0.39 is 10.8 Å². The number of carbonyl (C=O) groups is 1. The predicted octanol–water partition coefficient (Wildman–Crippen LogP) is 4.25. The zero-order valence-electron chi connectivity index (χ0n) is 17.5. The molecule has 0 saturated heterocycles. The Morgan fingerprint density at radius 1 is 1.15 bits per heavy atom. The number of aryl methyl sites for hydroxylation is 2. The Labute approximate surface area is 197 Å². The Kier molecular flexibility index (Phi) is 6.16. The van der Waals surface area contributed by atoms with Crippen LogP contribution in [0.1, 0.15) is 33.1 Å².